The maximum Gasteiger partial charge on any atom is 0.322 e. The minimum absolute atomic E-state index is 0.0320. The largest absolute Gasteiger partial charge is 0.492 e. The number of anilines is 1. The van der Waals surface area contributed by atoms with Crippen LogP contribution in [-0.2, 0) is 10.0 Å². The molecule has 0 saturated carbocycles. The van der Waals surface area contributed by atoms with Gasteiger partial charge in [-0.1, -0.05) is 28.1 Å². The van der Waals surface area contributed by atoms with E-state index in [-0.39, 0.29) is 28.1 Å². The quantitative estimate of drug-likeness (QED) is 0.554. The Kier molecular flexibility index (Phi) is 6.10. The second-order valence-corrected chi connectivity index (χ2v) is 7.98. The molecule has 0 aliphatic heterocycles. The van der Waals surface area contributed by atoms with Crippen molar-refractivity contribution in [3.63, 3.8) is 0 Å². The van der Waals surface area contributed by atoms with E-state index in [2.05, 4.69) is 30.6 Å². The van der Waals surface area contributed by atoms with Crippen LogP contribution in [0.5, 0.6) is 17.5 Å². The van der Waals surface area contributed by atoms with Crippen LogP contribution in [0, 0.1) is 5.82 Å². The minimum atomic E-state index is -3.95. The summed E-state index contributed by atoms with van der Waals surface area (Å²) in [6.07, 6.45) is 2.44. The van der Waals surface area contributed by atoms with Crippen LogP contribution < -0.4 is 14.2 Å². The van der Waals surface area contributed by atoms with Crippen molar-refractivity contribution in [2.24, 2.45) is 0 Å². The first kappa shape index (κ1) is 20.0. The molecule has 1 heterocycles. The van der Waals surface area contributed by atoms with Crippen LogP contribution in [0.25, 0.3) is 0 Å². The Morgan fingerprint density at radius 2 is 1.82 bits per heavy atom. The van der Waals surface area contributed by atoms with Crippen LogP contribution in [-0.4, -0.2) is 25.0 Å². The normalized spacial score (nSPS) is 11.1. The molecule has 7 nitrogen and oxygen atoms in total. The summed E-state index contributed by atoms with van der Waals surface area (Å²) in [7, 11) is -3.95. The van der Waals surface area contributed by atoms with Gasteiger partial charge < -0.3 is 9.47 Å². The Morgan fingerprint density at radius 1 is 1.11 bits per heavy atom. The fourth-order valence-corrected chi connectivity index (χ4v) is 3.94. The van der Waals surface area contributed by atoms with Crippen molar-refractivity contribution in [2.45, 2.75) is 11.8 Å². The fourth-order valence-electron chi connectivity index (χ4n) is 2.22. The Balaban J connectivity index is 1.80. The lowest BCUT2D eigenvalue weighted by molar-refractivity contribution is 0.331. The fraction of sp³-hybridized carbons (Fsp3) is 0.111. The molecule has 3 rings (SSSR count). The first-order chi connectivity index (χ1) is 13.4. The number of aromatic nitrogens is 2. The molecule has 1 N–H and O–H groups in total. The van der Waals surface area contributed by atoms with E-state index in [1.54, 1.807) is 25.1 Å². The smallest absolute Gasteiger partial charge is 0.322 e. The van der Waals surface area contributed by atoms with Crippen LogP contribution in [0.4, 0.5) is 10.1 Å². The molecule has 1 aromatic heterocycles. The summed E-state index contributed by atoms with van der Waals surface area (Å²) < 4.78 is 52.6. The summed E-state index contributed by atoms with van der Waals surface area (Å²) in [5.41, 5.74) is 0.114. The van der Waals surface area contributed by atoms with Crippen molar-refractivity contribution >= 4 is 31.6 Å². The predicted molar refractivity (Wildman–Crippen MR) is 105 cm³/mol. The lowest BCUT2D eigenvalue weighted by atomic mass is 10.3. The SMILES string of the molecule is CCOc1ccc(Br)cc1S(=O)(=O)Nc1cnc(Oc2ccccc2F)nc1. The number of halogens is 2. The Morgan fingerprint density at radius 3 is 2.50 bits per heavy atom. The second-order valence-electron chi connectivity index (χ2n) is 5.42. The number of sulfonamides is 1. The average Bonchev–Trinajstić information content (AvgIpc) is 2.66. The standard InChI is InChI=1S/C18H15BrFN3O4S/c1-2-26-16-8-7-12(19)9-17(16)28(24,25)23-13-10-21-18(22-11-13)27-15-6-4-3-5-14(15)20/h3-11,23H,2H2,1H3. The van der Waals surface area contributed by atoms with Crippen molar-refractivity contribution in [3.8, 4) is 17.5 Å². The molecule has 0 fully saturated rings. The van der Waals surface area contributed by atoms with Gasteiger partial charge in [-0.05, 0) is 37.3 Å². The first-order valence-corrected chi connectivity index (χ1v) is 10.4. The van der Waals surface area contributed by atoms with Gasteiger partial charge in [0, 0.05) is 4.47 Å². The highest BCUT2D eigenvalue weighted by atomic mass is 79.9. The molecule has 0 atom stereocenters. The van der Waals surface area contributed by atoms with E-state index in [1.165, 1.54) is 36.7 Å². The average molecular weight is 468 g/mol. The number of nitrogens with zero attached hydrogens (tertiary/aromatic N) is 2. The number of rotatable bonds is 7. The highest BCUT2D eigenvalue weighted by molar-refractivity contribution is 9.10. The van der Waals surface area contributed by atoms with E-state index in [0.717, 1.165) is 0 Å². The lowest BCUT2D eigenvalue weighted by Gasteiger charge is -2.13. The highest BCUT2D eigenvalue weighted by Gasteiger charge is 2.21. The summed E-state index contributed by atoms with van der Waals surface area (Å²) in [6.45, 7) is 2.07. The number of para-hydroxylation sites is 1. The molecule has 0 spiro atoms. The van der Waals surface area contributed by atoms with E-state index < -0.39 is 15.8 Å². The summed E-state index contributed by atoms with van der Waals surface area (Å²) in [4.78, 5) is 7.77. The van der Waals surface area contributed by atoms with Gasteiger partial charge in [-0.3, -0.25) is 4.72 Å². The Hall–Kier alpha value is -2.72. The molecule has 0 unspecified atom stereocenters. The van der Waals surface area contributed by atoms with Gasteiger partial charge in [0.25, 0.3) is 10.0 Å². The van der Waals surface area contributed by atoms with Crippen LogP contribution in [0.1, 0.15) is 6.92 Å². The molecule has 0 radical (unpaired) electrons. The topological polar surface area (TPSA) is 90.4 Å². The maximum absolute atomic E-state index is 13.6. The zero-order valence-corrected chi connectivity index (χ0v) is 17.0. The highest BCUT2D eigenvalue weighted by Crippen LogP contribution is 2.29. The van der Waals surface area contributed by atoms with Gasteiger partial charge in [-0.2, -0.15) is 0 Å². The minimum Gasteiger partial charge on any atom is -0.492 e. The first-order valence-electron chi connectivity index (χ1n) is 8.08. The van der Waals surface area contributed by atoms with Crippen LogP contribution in [0.3, 0.4) is 0 Å². The number of benzene rings is 2. The second kappa shape index (κ2) is 8.53. The monoisotopic (exact) mass is 467 g/mol. The van der Waals surface area contributed by atoms with Gasteiger partial charge in [0.15, 0.2) is 11.6 Å². The Bertz CT molecular complexity index is 1080. The van der Waals surface area contributed by atoms with Gasteiger partial charge >= 0.3 is 6.01 Å². The van der Waals surface area contributed by atoms with Gasteiger partial charge in [0.1, 0.15) is 10.6 Å². The molecule has 146 valence electrons. The zero-order valence-electron chi connectivity index (χ0n) is 14.6. The molecule has 0 saturated heterocycles. The molecule has 3 aromatic rings. The van der Waals surface area contributed by atoms with E-state index in [1.807, 2.05) is 0 Å². The third-order valence-electron chi connectivity index (χ3n) is 3.41. The van der Waals surface area contributed by atoms with Crippen LogP contribution in [0.15, 0.2) is 64.2 Å². The molecule has 0 aliphatic carbocycles. The third-order valence-corrected chi connectivity index (χ3v) is 5.31. The van der Waals surface area contributed by atoms with Gasteiger partial charge in [0.2, 0.25) is 0 Å². The summed E-state index contributed by atoms with van der Waals surface area (Å²) >= 11 is 3.25. The summed E-state index contributed by atoms with van der Waals surface area (Å²) in [5.74, 6) is -0.376. The molecule has 0 bridgehead atoms. The number of hydrogen-bond donors (Lipinski definition) is 1. The van der Waals surface area contributed by atoms with Gasteiger partial charge in [-0.15, -0.1) is 0 Å². The molecule has 28 heavy (non-hydrogen) atoms. The number of ether oxygens (including phenoxy) is 2. The van der Waals surface area contributed by atoms with E-state index in [9.17, 15) is 12.8 Å². The van der Waals surface area contributed by atoms with Crippen molar-refractivity contribution in [3.05, 3.63) is 65.1 Å². The zero-order chi connectivity index (χ0) is 20.1. The van der Waals surface area contributed by atoms with Crippen LogP contribution >= 0.6 is 15.9 Å². The lowest BCUT2D eigenvalue weighted by Crippen LogP contribution is -2.15. The Labute approximate surface area is 169 Å². The maximum atomic E-state index is 13.6. The number of nitrogens with one attached hydrogen (secondary N) is 1. The van der Waals surface area contributed by atoms with E-state index in [0.29, 0.717) is 11.1 Å². The van der Waals surface area contributed by atoms with Crippen LogP contribution in [0.2, 0.25) is 0 Å². The number of hydrogen-bond acceptors (Lipinski definition) is 6. The molecule has 0 aliphatic rings. The van der Waals surface area contributed by atoms with Crippen molar-refractivity contribution in [1.82, 2.24) is 9.97 Å². The molecular weight excluding hydrogens is 453 g/mol. The summed E-state index contributed by atoms with van der Waals surface area (Å²) in [6, 6.07) is 10.4. The van der Waals surface area contributed by atoms with Crippen molar-refractivity contribution in [2.75, 3.05) is 11.3 Å². The van der Waals surface area contributed by atoms with Gasteiger partial charge in [0.05, 0.1) is 24.7 Å². The molecule has 2 aromatic carbocycles. The van der Waals surface area contributed by atoms with Crippen molar-refractivity contribution in [1.29, 1.82) is 0 Å². The molecule has 10 heteroatoms. The summed E-state index contributed by atoms with van der Waals surface area (Å²) in [5, 5.41) is 0. The predicted octanol–water partition coefficient (Wildman–Crippen LogP) is 4.37. The van der Waals surface area contributed by atoms with E-state index in [4.69, 9.17) is 9.47 Å². The van der Waals surface area contributed by atoms with E-state index >= 15 is 0 Å². The third kappa shape index (κ3) is 4.76. The molecular formula is C18H15BrFN3O4S. The van der Waals surface area contributed by atoms with Gasteiger partial charge in [-0.25, -0.2) is 22.8 Å². The molecule has 0 amide bonds. The van der Waals surface area contributed by atoms with Crippen molar-refractivity contribution < 1.29 is 22.3 Å².